The van der Waals surface area contributed by atoms with Crippen LogP contribution in [0.1, 0.15) is 39.5 Å². The fourth-order valence-electron chi connectivity index (χ4n) is 2.74. The van der Waals surface area contributed by atoms with Gasteiger partial charge in [0.1, 0.15) is 6.10 Å². The first-order chi connectivity index (χ1) is 6.22. The summed E-state index contributed by atoms with van der Waals surface area (Å²) in [5.74, 6) is 1.50. The SMILES string of the molecule is CCC1CCC2C(C1)OC(=O)C2C. The highest BCUT2D eigenvalue weighted by atomic mass is 16.6. The molecule has 1 aliphatic carbocycles. The minimum atomic E-state index is 0.0340. The van der Waals surface area contributed by atoms with E-state index in [1.54, 1.807) is 0 Å². The third-order valence-corrected chi connectivity index (χ3v) is 3.81. The predicted molar refractivity (Wildman–Crippen MR) is 50.2 cm³/mol. The number of esters is 1. The molecule has 2 nitrogen and oxygen atoms in total. The Hall–Kier alpha value is -0.530. The second-order valence-corrected chi connectivity index (χ2v) is 4.52. The Morgan fingerprint density at radius 1 is 1.46 bits per heavy atom. The smallest absolute Gasteiger partial charge is 0.309 e. The molecule has 0 aromatic carbocycles. The van der Waals surface area contributed by atoms with Crippen molar-refractivity contribution in [3.8, 4) is 0 Å². The zero-order chi connectivity index (χ0) is 9.42. The van der Waals surface area contributed by atoms with E-state index in [4.69, 9.17) is 4.74 Å². The summed E-state index contributed by atoms with van der Waals surface area (Å²) >= 11 is 0. The Labute approximate surface area is 79.7 Å². The van der Waals surface area contributed by atoms with Crippen molar-refractivity contribution in [3.05, 3.63) is 0 Å². The number of fused-ring (bicyclic) bond motifs is 1. The third kappa shape index (κ3) is 1.47. The molecule has 0 aromatic heterocycles. The Bertz CT molecular complexity index is 212. The van der Waals surface area contributed by atoms with Crippen LogP contribution in [-0.2, 0) is 9.53 Å². The lowest BCUT2D eigenvalue weighted by molar-refractivity contribution is -0.144. The molecule has 4 atom stereocenters. The summed E-state index contributed by atoms with van der Waals surface area (Å²) in [7, 11) is 0. The van der Waals surface area contributed by atoms with E-state index in [-0.39, 0.29) is 18.0 Å². The Balaban J connectivity index is 2.03. The quantitative estimate of drug-likeness (QED) is 0.582. The van der Waals surface area contributed by atoms with Crippen molar-refractivity contribution >= 4 is 5.97 Å². The van der Waals surface area contributed by atoms with Gasteiger partial charge in [-0.1, -0.05) is 20.3 Å². The predicted octanol–water partition coefficient (Wildman–Crippen LogP) is 2.37. The van der Waals surface area contributed by atoms with E-state index in [0.29, 0.717) is 5.92 Å². The molecule has 74 valence electrons. The number of carbonyl (C=O) groups excluding carboxylic acids is 1. The maximum atomic E-state index is 11.3. The maximum Gasteiger partial charge on any atom is 0.309 e. The van der Waals surface area contributed by atoms with Crippen molar-refractivity contribution in [2.24, 2.45) is 17.8 Å². The molecule has 0 bridgehead atoms. The lowest BCUT2D eigenvalue weighted by atomic mass is 9.75. The molecule has 2 fully saturated rings. The van der Waals surface area contributed by atoms with Crippen molar-refractivity contribution in [3.63, 3.8) is 0 Å². The summed E-state index contributed by atoms with van der Waals surface area (Å²) in [6, 6.07) is 0. The molecule has 0 aromatic rings. The molecule has 1 heterocycles. The number of ether oxygens (including phenoxy) is 1. The van der Waals surface area contributed by atoms with Crippen LogP contribution in [0, 0.1) is 17.8 Å². The van der Waals surface area contributed by atoms with Crippen LogP contribution in [0.15, 0.2) is 0 Å². The highest BCUT2D eigenvalue weighted by Gasteiger charge is 2.44. The summed E-state index contributed by atoms with van der Waals surface area (Å²) in [4.78, 5) is 11.3. The van der Waals surface area contributed by atoms with Crippen molar-refractivity contribution in [2.45, 2.75) is 45.6 Å². The van der Waals surface area contributed by atoms with Gasteiger partial charge in [0.15, 0.2) is 0 Å². The van der Waals surface area contributed by atoms with Crippen molar-refractivity contribution in [1.29, 1.82) is 0 Å². The van der Waals surface area contributed by atoms with Gasteiger partial charge in [0.05, 0.1) is 5.92 Å². The van der Waals surface area contributed by atoms with E-state index in [0.717, 1.165) is 12.3 Å². The Morgan fingerprint density at radius 2 is 2.23 bits per heavy atom. The topological polar surface area (TPSA) is 26.3 Å². The molecule has 1 saturated carbocycles. The number of carbonyl (C=O) groups is 1. The molecule has 2 aliphatic rings. The van der Waals surface area contributed by atoms with Gasteiger partial charge in [-0.2, -0.15) is 0 Å². The van der Waals surface area contributed by atoms with E-state index >= 15 is 0 Å². The molecule has 1 aliphatic heterocycles. The molecule has 13 heavy (non-hydrogen) atoms. The highest BCUT2D eigenvalue weighted by Crippen LogP contribution is 2.41. The van der Waals surface area contributed by atoms with Crippen LogP contribution in [0.3, 0.4) is 0 Å². The third-order valence-electron chi connectivity index (χ3n) is 3.81. The Morgan fingerprint density at radius 3 is 2.92 bits per heavy atom. The maximum absolute atomic E-state index is 11.3. The zero-order valence-corrected chi connectivity index (χ0v) is 8.45. The second kappa shape index (κ2) is 3.32. The molecule has 0 spiro atoms. The van der Waals surface area contributed by atoms with Crippen molar-refractivity contribution in [1.82, 2.24) is 0 Å². The lowest BCUT2D eigenvalue weighted by Crippen LogP contribution is -2.28. The van der Waals surface area contributed by atoms with Gasteiger partial charge in [-0.25, -0.2) is 0 Å². The molecule has 2 rings (SSSR count). The van der Waals surface area contributed by atoms with E-state index < -0.39 is 0 Å². The van der Waals surface area contributed by atoms with E-state index in [2.05, 4.69) is 6.92 Å². The molecular weight excluding hydrogens is 164 g/mol. The molecule has 4 unspecified atom stereocenters. The first-order valence-corrected chi connectivity index (χ1v) is 5.42. The summed E-state index contributed by atoms with van der Waals surface area (Å²) in [6.07, 6.45) is 5.07. The normalized spacial score (nSPS) is 44.3. The standard InChI is InChI=1S/C11H18O2/c1-3-8-4-5-9-7(2)11(12)13-10(9)6-8/h7-10H,3-6H2,1-2H3. The average molecular weight is 182 g/mol. The first-order valence-electron chi connectivity index (χ1n) is 5.42. The molecule has 0 N–H and O–H groups in total. The first kappa shape index (κ1) is 9.04. The van der Waals surface area contributed by atoms with Gasteiger partial charge in [-0.05, 0) is 25.2 Å². The second-order valence-electron chi connectivity index (χ2n) is 4.52. The van der Waals surface area contributed by atoms with E-state index in [9.17, 15) is 4.79 Å². The molecular formula is C11H18O2. The van der Waals surface area contributed by atoms with Crippen molar-refractivity contribution in [2.75, 3.05) is 0 Å². The molecule has 0 radical (unpaired) electrons. The van der Waals surface area contributed by atoms with Gasteiger partial charge in [0.25, 0.3) is 0 Å². The largest absolute Gasteiger partial charge is 0.462 e. The molecule has 0 amide bonds. The van der Waals surface area contributed by atoms with Gasteiger partial charge < -0.3 is 4.74 Å². The van der Waals surface area contributed by atoms with Gasteiger partial charge in [0.2, 0.25) is 0 Å². The van der Waals surface area contributed by atoms with Crippen LogP contribution in [0.4, 0.5) is 0 Å². The van der Waals surface area contributed by atoms with E-state index in [1.165, 1.54) is 19.3 Å². The summed E-state index contributed by atoms with van der Waals surface area (Å²) < 4.78 is 5.37. The fourth-order valence-corrected chi connectivity index (χ4v) is 2.74. The number of hydrogen-bond acceptors (Lipinski definition) is 2. The van der Waals surface area contributed by atoms with Crippen LogP contribution < -0.4 is 0 Å². The lowest BCUT2D eigenvalue weighted by Gasteiger charge is -2.30. The highest BCUT2D eigenvalue weighted by molar-refractivity contribution is 5.74. The summed E-state index contributed by atoms with van der Waals surface area (Å²) in [6.45, 7) is 4.24. The van der Waals surface area contributed by atoms with E-state index in [1.807, 2.05) is 6.92 Å². The van der Waals surface area contributed by atoms with Crippen LogP contribution >= 0.6 is 0 Å². The molecule has 2 heteroatoms. The van der Waals surface area contributed by atoms with Gasteiger partial charge in [-0.3, -0.25) is 4.79 Å². The van der Waals surface area contributed by atoms with Gasteiger partial charge >= 0.3 is 5.97 Å². The van der Waals surface area contributed by atoms with Crippen LogP contribution in [0.25, 0.3) is 0 Å². The summed E-state index contributed by atoms with van der Waals surface area (Å²) in [5, 5.41) is 0. The monoisotopic (exact) mass is 182 g/mol. The van der Waals surface area contributed by atoms with Crippen LogP contribution in [0.5, 0.6) is 0 Å². The number of rotatable bonds is 1. The van der Waals surface area contributed by atoms with Gasteiger partial charge in [0, 0.05) is 5.92 Å². The van der Waals surface area contributed by atoms with Crippen molar-refractivity contribution < 1.29 is 9.53 Å². The molecule has 1 saturated heterocycles. The van der Waals surface area contributed by atoms with Crippen LogP contribution in [-0.4, -0.2) is 12.1 Å². The van der Waals surface area contributed by atoms with Gasteiger partial charge in [-0.15, -0.1) is 0 Å². The van der Waals surface area contributed by atoms with Crippen LogP contribution in [0.2, 0.25) is 0 Å². The number of hydrogen-bond donors (Lipinski definition) is 0. The summed E-state index contributed by atoms with van der Waals surface area (Å²) in [5.41, 5.74) is 0. The minimum absolute atomic E-state index is 0.0340. The average Bonchev–Trinajstić information content (AvgIpc) is 2.42. The minimum Gasteiger partial charge on any atom is -0.462 e. The fraction of sp³-hybridized carbons (Fsp3) is 0.909. The Kier molecular flexibility index (Phi) is 2.31. The zero-order valence-electron chi connectivity index (χ0n) is 8.45.